The number of aromatic nitrogens is 1. The molecule has 2 aromatic rings. The lowest BCUT2D eigenvalue weighted by Crippen LogP contribution is -2.49. The molecule has 1 aromatic carbocycles. The van der Waals surface area contributed by atoms with Crippen LogP contribution in [0.15, 0.2) is 30.5 Å². The first-order chi connectivity index (χ1) is 14.9. The van der Waals surface area contributed by atoms with E-state index in [4.69, 9.17) is 5.73 Å². The molecule has 0 spiro atoms. The van der Waals surface area contributed by atoms with Crippen molar-refractivity contribution in [2.45, 2.75) is 64.5 Å². The monoisotopic (exact) mass is 422 g/mol. The molecule has 6 heteroatoms. The molecule has 6 nitrogen and oxygen atoms in total. The summed E-state index contributed by atoms with van der Waals surface area (Å²) in [5.41, 5.74) is 7.05. The molecule has 0 aliphatic carbocycles. The Kier molecular flexibility index (Phi) is 6.56. The molecule has 2 saturated heterocycles. The van der Waals surface area contributed by atoms with Crippen LogP contribution in [0.1, 0.15) is 51.5 Å². The third kappa shape index (κ3) is 4.90. The van der Waals surface area contributed by atoms with Gasteiger partial charge in [0.05, 0.1) is 6.54 Å². The fraction of sp³-hybridized carbons (Fsp3) is 0.560. The van der Waals surface area contributed by atoms with Crippen molar-refractivity contribution in [2.75, 3.05) is 25.4 Å². The smallest absolute Gasteiger partial charge is 0.236 e. The van der Waals surface area contributed by atoms with Gasteiger partial charge >= 0.3 is 0 Å². The van der Waals surface area contributed by atoms with Crippen molar-refractivity contribution in [1.82, 2.24) is 14.8 Å². The normalized spacial score (nSPS) is 24.6. The van der Waals surface area contributed by atoms with Gasteiger partial charge in [0.1, 0.15) is 11.6 Å². The predicted molar refractivity (Wildman–Crippen MR) is 124 cm³/mol. The Bertz CT molecular complexity index is 950. The van der Waals surface area contributed by atoms with Crippen LogP contribution in [0.25, 0.3) is 10.8 Å². The molecule has 1 unspecified atom stereocenters. The predicted octanol–water partition coefficient (Wildman–Crippen LogP) is 3.43. The number of likely N-dealkylation sites (tertiary alicyclic amines) is 2. The maximum atomic E-state index is 12.9. The molecule has 3 heterocycles. The van der Waals surface area contributed by atoms with Crippen molar-refractivity contribution in [3.63, 3.8) is 0 Å². The number of hydrogen-bond acceptors (Lipinski definition) is 5. The van der Waals surface area contributed by atoms with Crippen LogP contribution in [0.3, 0.4) is 0 Å². The highest BCUT2D eigenvalue weighted by molar-refractivity contribution is 5.91. The highest BCUT2D eigenvalue weighted by Gasteiger charge is 2.33. The molecule has 1 aromatic heterocycles. The number of anilines is 1. The molecule has 1 amide bonds. The second kappa shape index (κ2) is 9.35. The lowest BCUT2D eigenvalue weighted by Gasteiger charge is -2.39. The lowest BCUT2D eigenvalue weighted by atomic mass is 9.96. The Hall–Kier alpha value is -2.47. The first kappa shape index (κ1) is 21.8. The zero-order chi connectivity index (χ0) is 22.0. The number of piperidine rings is 1. The summed E-state index contributed by atoms with van der Waals surface area (Å²) in [6, 6.07) is 8.96. The lowest BCUT2D eigenvalue weighted by molar-refractivity contribution is -0.133. The maximum absolute atomic E-state index is 12.9. The molecule has 3 atom stereocenters. The number of nitrogens with two attached hydrogens (primary N) is 1. The Morgan fingerprint density at radius 1 is 1.13 bits per heavy atom. The highest BCUT2D eigenvalue weighted by atomic mass is 16.2. The van der Waals surface area contributed by atoms with Crippen molar-refractivity contribution in [1.29, 1.82) is 0 Å². The van der Waals surface area contributed by atoms with E-state index in [-0.39, 0.29) is 17.6 Å². The van der Waals surface area contributed by atoms with Crippen LogP contribution in [0.4, 0.5) is 5.82 Å². The van der Waals surface area contributed by atoms with Crippen LogP contribution in [0.5, 0.6) is 0 Å². The van der Waals surface area contributed by atoms with E-state index in [0.717, 1.165) is 35.6 Å². The van der Waals surface area contributed by atoms with Gasteiger partial charge in [-0.15, -0.1) is 0 Å². The second-order valence-electron chi connectivity index (χ2n) is 9.34. The zero-order valence-electron chi connectivity index (χ0n) is 18.7. The molecule has 4 rings (SSSR count). The van der Waals surface area contributed by atoms with Gasteiger partial charge in [-0.1, -0.05) is 24.6 Å². The number of rotatable bonds is 6. The van der Waals surface area contributed by atoms with Gasteiger partial charge in [-0.25, -0.2) is 4.98 Å². The van der Waals surface area contributed by atoms with Crippen molar-refractivity contribution in [3.8, 4) is 0 Å². The summed E-state index contributed by atoms with van der Waals surface area (Å²) in [4.78, 5) is 34.0. The standard InChI is InChI=1S/C25H34N4O2/c1-17-4-3-5-18(2)29(17)16-24(31)28-13-11-21(15-28)23(30)9-7-19-6-8-22-20(14-19)10-12-27-25(22)26/h6,8,10,12,14,17-18,21H,3-5,7,9,11,13,15-16H2,1-2H3,(H2,26,27)/t17-,18+,21?. The Labute approximate surface area is 184 Å². The quantitative estimate of drug-likeness (QED) is 0.772. The van der Waals surface area contributed by atoms with E-state index in [2.05, 4.69) is 29.8 Å². The fourth-order valence-corrected chi connectivity index (χ4v) is 5.17. The number of carbonyl (C=O) groups is 2. The minimum atomic E-state index is -0.0274. The van der Waals surface area contributed by atoms with E-state index < -0.39 is 0 Å². The van der Waals surface area contributed by atoms with E-state index >= 15 is 0 Å². The molecule has 0 saturated carbocycles. The number of amides is 1. The summed E-state index contributed by atoms with van der Waals surface area (Å²) < 4.78 is 0. The number of fused-ring (bicyclic) bond motifs is 1. The van der Waals surface area contributed by atoms with Crippen molar-refractivity contribution in [2.24, 2.45) is 5.92 Å². The van der Waals surface area contributed by atoms with E-state index in [1.54, 1.807) is 6.20 Å². The number of pyridine rings is 1. The highest BCUT2D eigenvalue weighted by Crippen LogP contribution is 2.25. The topological polar surface area (TPSA) is 79.5 Å². The van der Waals surface area contributed by atoms with Crippen LogP contribution in [-0.2, 0) is 16.0 Å². The summed E-state index contributed by atoms with van der Waals surface area (Å²) in [6.07, 6.45) is 7.29. The zero-order valence-corrected chi connectivity index (χ0v) is 18.7. The molecule has 2 fully saturated rings. The minimum absolute atomic E-state index is 0.0274. The number of benzene rings is 1. The van der Waals surface area contributed by atoms with Gasteiger partial charge in [0, 0.05) is 49.1 Å². The number of nitrogens with zero attached hydrogens (tertiary/aromatic N) is 3. The SMILES string of the molecule is C[C@@H]1CCC[C@H](C)N1CC(=O)N1CCC(C(=O)CCc2ccc3c(N)nccc3c2)C1. The van der Waals surface area contributed by atoms with E-state index in [0.29, 0.717) is 50.4 Å². The fourth-order valence-electron chi connectivity index (χ4n) is 5.17. The Balaban J connectivity index is 1.29. The summed E-state index contributed by atoms with van der Waals surface area (Å²) >= 11 is 0. The Morgan fingerprint density at radius 2 is 1.90 bits per heavy atom. The first-order valence-electron chi connectivity index (χ1n) is 11.6. The van der Waals surface area contributed by atoms with Gasteiger partial charge in [-0.2, -0.15) is 0 Å². The molecule has 166 valence electrons. The summed E-state index contributed by atoms with van der Waals surface area (Å²) in [5.74, 6) is 0.950. The molecular formula is C25H34N4O2. The van der Waals surface area contributed by atoms with Crippen molar-refractivity contribution < 1.29 is 9.59 Å². The number of aryl methyl sites for hydroxylation is 1. The van der Waals surface area contributed by atoms with Gasteiger partial charge < -0.3 is 10.6 Å². The van der Waals surface area contributed by atoms with Gasteiger partial charge in [-0.05, 0) is 56.5 Å². The maximum Gasteiger partial charge on any atom is 0.236 e. The molecule has 2 aliphatic rings. The van der Waals surface area contributed by atoms with Gasteiger partial charge in [-0.3, -0.25) is 14.5 Å². The van der Waals surface area contributed by atoms with Crippen LogP contribution in [0, 0.1) is 5.92 Å². The number of Topliss-reactive ketones (excluding diaryl/α,β-unsaturated/α-hetero) is 1. The molecule has 0 bridgehead atoms. The average Bonchev–Trinajstić information content (AvgIpc) is 3.25. The Morgan fingerprint density at radius 3 is 2.68 bits per heavy atom. The molecular weight excluding hydrogens is 388 g/mol. The molecule has 31 heavy (non-hydrogen) atoms. The second-order valence-corrected chi connectivity index (χ2v) is 9.34. The summed E-state index contributed by atoms with van der Waals surface area (Å²) in [6.45, 7) is 6.20. The molecule has 2 N–H and O–H groups in total. The van der Waals surface area contributed by atoms with Gasteiger partial charge in [0.25, 0.3) is 0 Å². The van der Waals surface area contributed by atoms with Crippen LogP contribution in [-0.4, -0.2) is 58.2 Å². The van der Waals surface area contributed by atoms with Crippen LogP contribution >= 0.6 is 0 Å². The van der Waals surface area contributed by atoms with E-state index in [1.165, 1.54) is 6.42 Å². The molecule has 2 aliphatic heterocycles. The first-order valence-corrected chi connectivity index (χ1v) is 11.6. The molecule has 0 radical (unpaired) electrons. The number of carbonyl (C=O) groups excluding carboxylic acids is 2. The van der Waals surface area contributed by atoms with Crippen molar-refractivity contribution in [3.05, 3.63) is 36.0 Å². The van der Waals surface area contributed by atoms with Crippen molar-refractivity contribution >= 4 is 28.3 Å². The van der Waals surface area contributed by atoms with Gasteiger partial charge in [0.2, 0.25) is 5.91 Å². The van der Waals surface area contributed by atoms with E-state index in [1.807, 2.05) is 23.1 Å². The number of nitrogen functional groups attached to an aromatic ring is 1. The average molecular weight is 423 g/mol. The number of hydrogen-bond donors (Lipinski definition) is 1. The van der Waals surface area contributed by atoms with Gasteiger partial charge in [0.15, 0.2) is 0 Å². The van der Waals surface area contributed by atoms with Crippen LogP contribution < -0.4 is 5.73 Å². The van der Waals surface area contributed by atoms with Crippen LogP contribution in [0.2, 0.25) is 0 Å². The number of ketones is 1. The summed E-state index contributed by atoms with van der Waals surface area (Å²) in [5, 5.41) is 2.00. The summed E-state index contributed by atoms with van der Waals surface area (Å²) in [7, 11) is 0. The minimum Gasteiger partial charge on any atom is -0.383 e. The van der Waals surface area contributed by atoms with E-state index in [9.17, 15) is 9.59 Å². The third-order valence-corrected chi connectivity index (χ3v) is 7.21. The largest absolute Gasteiger partial charge is 0.383 e. The third-order valence-electron chi connectivity index (χ3n) is 7.21.